The summed E-state index contributed by atoms with van der Waals surface area (Å²) in [5.41, 5.74) is 4.78. The molecule has 1 aromatic carbocycles. The molecule has 108 valence electrons. The molecule has 2 aromatic rings. The highest BCUT2D eigenvalue weighted by molar-refractivity contribution is 5.89. The summed E-state index contributed by atoms with van der Waals surface area (Å²) in [5, 5.41) is 10.9. The molecule has 1 aromatic heterocycles. The van der Waals surface area contributed by atoms with Crippen LogP contribution in [0.1, 0.15) is 42.1 Å². The number of benzene rings is 1. The molecule has 0 bridgehead atoms. The predicted octanol–water partition coefficient (Wildman–Crippen LogP) is 3.32. The Hall–Kier alpha value is -1.94. The Morgan fingerprint density at radius 3 is 2.81 bits per heavy atom. The van der Waals surface area contributed by atoms with Gasteiger partial charge in [0.15, 0.2) is 0 Å². The van der Waals surface area contributed by atoms with Crippen molar-refractivity contribution in [3.63, 3.8) is 0 Å². The summed E-state index contributed by atoms with van der Waals surface area (Å²) in [5.74, 6) is 1.33. The molecule has 0 radical (unpaired) electrons. The molecule has 1 aliphatic heterocycles. The molecule has 2 aliphatic rings. The first-order chi connectivity index (χ1) is 10.2. The molecule has 0 unspecified atom stereocenters. The zero-order chi connectivity index (χ0) is 14.4. The molecule has 1 aliphatic carbocycles. The quantitative estimate of drug-likeness (QED) is 0.918. The molecule has 2 heterocycles. The van der Waals surface area contributed by atoms with Crippen LogP contribution in [0.5, 0.6) is 5.88 Å². The lowest BCUT2D eigenvalue weighted by Crippen LogP contribution is -2.05. The van der Waals surface area contributed by atoms with E-state index in [1.807, 2.05) is 6.92 Å². The van der Waals surface area contributed by atoms with E-state index in [0.29, 0.717) is 18.3 Å². The third-order valence-electron chi connectivity index (χ3n) is 4.29. The van der Waals surface area contributed by atoms with Gasteiger partial charge < -0.3 is 9.84 Å². The van der Waals surface area contributed by atoms with Crippen molar-refractivity contribution in [1.29, 1.82) is 0 Å². The molecule has 0 atom stereocenters. The Labute approximate surface area is 123 Å². The van der Waals surface area contributed by atoms with Crippen molar-refractivity contribution in [2.45, 2.75) is 32.1 Å². The first-order valence-corrected chi connectivity index (χ1v) is 7.51. The van der Waals surface area contributed by atoms with E-state index in [0.717, 1.165) is 23.9 Å². The van der Waals surface area contributed by atoms with Crippen molar-refractivity contribution < 1.29 is 9.84 Å². The van der Waals surface area contributed by atoms with Crippen LogP contribution in [0.2, 0.25) is 0 Å². The first kappa shape index (κ1) is 12.8. The molecule has 1 saturated carbocycles. The van der Waals surface area contributed by atoms with E-state index in [-0.39, 0.29) is 5.88 Å². The third kappa shape index (κ3) is 2.29. The molecular weight excluding hydrogens is 264 g/mol. The largest absolute Gasteiger partial charge is 0.493 e. The van der Waals surface area contributed by atoms with Crippen molar-refractivity contribution in [2.75, 3.05) is 13.2 Å². The molecule has 21 heavy (non-hydrogen) atoms. The highest BCUT2D eigenvalue weighted by Gasteiger charge is 2.28. The Balaban J connectivity index is 1.95. The lowest BCUT2D eigenvalue weighted by Gasteiger charge is -2.18. The van der Waals surface area contributed by atoms with E-state index in [2.05, 4.69) is 28.2 Å². The fraction of sp³-hybridized carbons (Fsp3) is 0.412. The summed E-state index contributed by atoms with van der Waals surface area (Å²) in [6, 6.07) is 4.21. The fourth-order valence-corrected chi connectivity index (χ4v) is 3.07. The average Bonchev–Trinajstić information content (AvgIpc) is 3.31. The van der Waals surface area contributed by atoms with Gasteiger partial charge in [0.2, 0.25) is 5.88 Å². The van der Waals surface area contributed by atoms with Crippen molar-refractivity contribution in [1.82, 2.24) is 9.97 Å². The van der Waals surface area contributed by atoms with Gasteiger partial charge in [0.05, 0.1) is 24.1 Å². The van der Waals surface area contributed by atoms with Gasteiger partial charge in [-0.25, -0.2) is 4.98 Å². The Morgan fingerprint density at radius 1 is 1.24 bits per heavy atom. The topological polar surface area (TPSA) is 55.2 Å². The number of hydrogen-bond acceptors (Lipinski definition) is 4. The molecule has 1 N–H and O–H groups in total. The fourth-order valence-electron chi connectivity index (χ4n) is 3.07. The smallest absolute Gasteiger partial charge is 0.222 e. The highest BCUT2D eigenvalue weighted by atomic mass is 16.5. The standard InChI is InChI=1S/C17H18N2O2/c1-10-18-16-9-14(11-2-3-11)13(8-15(16)17(20)19-10)12-4-6-21-7-5-12/h4,8-9,11H,2-3,5-7H2,1H3,(H,18,19,20). The molecule has 0 saturated heterocycles. The van der Waals surface area contributed by atoms with Gasteiger partial charge in [-0.2, -0.15) is 4.98 Å². The van der Waals surface area contributed by atoms with Crippen LogP contribution >= 0.6 is 0 Å². The zero-order valence-corrected chi connectivity index (χ0v) is 12.1. The minimum absolute atomic E-state index is 0.0776. The second-order valence-electron chi connectivity index (χ2n) is 5.88. The van der Waals surface area contributed by atoms with E-state index < -0.39 is 0 Å². The SMILES string of the molecule is Cc1nc(O)c2cc(C3=CCOCC3)c(C3CC3)cc2n1. The minimum atomic E-state index is 0.0776. The van der Waals surface area contributed by atoms with Gasteiger partial charge in [-0.1, -0.05) is 6.08 Å². The zero-order valence-electron chi connectivity index (χ0n) is 12.1. The second kappa shape index (κ2) is 4.81. The minimum Gasteiger partial charge on any atom is -0.493 e. The van der Waals surface area contributed by atoms with Crippen molar-refractivity contribution in [3.8, 4) is 5.88 Å². The van der Waals surface area contributed by atoms with Gasteiger partial charge in [-0.05, 0) is 60.9 Å². The number of hydrogen-bond donors (Lipinski definition) is 1. The number of fused-ring (bicyclic) bond motifs is 1. The highest BCUT2D eigenvalue weighted by Crippen LogP contribution is 2.45. The van der Waals surface area contributed by atoms with E-state index in [9.17, 15) is 5.11 Å². The summed E-state index contributed by atoms with van der Waals surface area (Å²) in [7, 11) is 0. The lowest BCUT2D eigenvalue weighted by molar-refractivity contribution is 0.161. The molecule has 4 nitrogen and oxygen atoms in total. The number of aromatic hydroxyl groups is 1. The van der Waals surface area contributed by atoms with Crippen LogP contribution in [0, 0.1) is 6.92 Å². The number of ether oxygens (including phenoxy) is 1. The van der Waals surface area contributed by atoms with E-state index in [1.54, 1.807) is 0 Å². The third-order valence-corrected chi connectivity index (χ3v) is 4.29. The van der Waals surface area contributed by atoms with Crippen LogP contribution in [-0.4, -0.2) is 28.3 Å². The van der Waals surface area contributed by atoms with Gasteiger partial charge in [-0.3, -0.25) is 0 Å². The van der Waals surface area contributed by atoms with Crippen LogP contribution in [-0.2, 0) is 4.74 Å². The van der Waals surface area contributed by atoms with Crippen LogP contribution in [0.25, 0.3) is 16.5 Å². The number of rotatable bonds is 2. The second-order valence-corrected chi connectivity index (χ2v) is 5.88. The predicted molar refractivity (Wildman–Crippen MR) is 81.3 cm³/mol. The van der Waals surface area contributed by atoms with Gasteiger partial charge in [0.1, 0.15) is 5.82 Å². The Morgan fingerprint density at radius 2 is 2.10 bits per heavy atom. The summed E-state index contributed by atoms with van der Waals surface area (Å²) >= 11 is 0. The van der Waals surface area contributed by atoms with Gasteiger partial charge >= 0.3 is 0 Å². The number of nitrogens with zero attached hydrogens (tertiary/aromatic N) is 2. The van der Waals surface area contributed by atoms with Gasteiger partial charge in [0, 0.05) is 0 Å². The summed E-state index contributed by atoms with van der Waals surface area (Å²) in [6.45, 7) is 3.25. The van der Waals surface area contributed by atoms with Crippen LogP contribution in [0.4, 0.5) is 0 Å². The van der Waals surface area contributed by atoms with Crippen LogP contribution < -0.4 is 0 Å². The van der Waals surface area contributed by atoms with Gasteiger partial charge in [0.25, 0.3) is 0 Å². The van der Waals surface area contributed by atoms with Crippen molar-refractivity contribution in [3.05, 3.63) is 35.2 Å². The molecule has 4 rings (SSSR count). The lowest BCUT2D eigenvalue weighted by atomic mass is 9.92. The van der Waals surface area contributed by atoms with Crippen LogP contribution in [0.3, 0.4) is 0 Å². The normalized spacial score (nSPS) is 18.8. The van der Waals surface area contributed by atoms with Crippen molar-refractivity contribution >= 4 is 16.5 Å². The summed E-state index contributed by atoms with van der Waals surface area (Å²) in [4.78, 5) is 8.56. The number of aromatic nitrogens is 2. The summed E-state index contributed by atoms with van der Waals surface area (Å²) in [6.07, 6.45) is 5.58. The molecule has 1 fully saturated rings. The monoisotopic (exact) mass is 282 g/mol. The molecule has 0 spiro atoms. The molecular formula is C17H18N2O2. The van der Waals surface area contributed by atoms with E-state index in [4.69, 9.17) is 4.74 Å². The Bertz CT molecular complexity index is 748. The van der Waals surface area contributed by atoms with E-state index >= 15 is 0 Å². The maximum atomic E-state index is 10.1. The summed E-state index contributed by atoms with van der Waals surface area (Å²) < 4.78 is 5.41. The maximum Gasteiger partial charge on any atom is 0.222 e. The Kier molecular flexibility index (Phi) is 2.93. The first-order valence-electron chi connectivity index (χ1n) is 7.51. The van der Waals surface area contributed by atoms with Gasteiger partial charge in [-0.15, -0.1) is 0 Å². The number of aryl methyl sites for hydroxylation is 1. The van der Waals surface area contributed by atoms with Crippen LogP contribution in [0.15, 0.2) is 18.2 Å². The molecule has 0 amide bonds. The maximum absolute atomic E-state index is 10.1. The molecule has 4 heteroatoms. The van der Waals surface area contributed by atoms with E-state index in [1.165, 1.54) is 29.5 Å². The van der Waals surface area contributed by atoms with Crippen molar-refractivity contribution in [2.24, 2.45) is 0 Å². The average molecular weight is 282 g/mol.